The number of aliphatic hydroxyl groups is 1. The first-order valence-electron chi connectivity index (χ1n) is 9.62. The van der Waals surface area contributed by atoms with Gasteiger partial charge < -0.3 is 21.1 Å². The number of nitrogens with one attached hydrogen (secondary N) is 1. The van der Waals surface area contributed by atoms with Crippen LogP contribution >= 0.6 is 0 Å². The number of nitrogen functional groups attached to an aromatic ring is 1. The van der Waals surface area contributed by atoms with Gasteiger partial charge in [0.05, 0.1) is 11.7 Å². The Hall–Kier alpha value is -3.24. The SMILES string of the molecule is CNCC(O)CN(C)C.Nc1ncc(C#Cc2ccc(C=O)cc2)c2ccccc12. The Morgan fingerprint density at radius 1 is 1.13 bits per heavy atom. The smallest absolute Gasteiger partial charge is 0.150 e. The number of aromatic nitrogens is 1. The molecule has 0 aliphatic rings. The summed E-state index contributed by atoms with van der Waals surface area (Å²) >= 11 is 0. The summed E-state index contributed by atoms with van der Waals surface area (Å²) in [5, 5.41) is 13.9. The minimum atomic E-state index is -0.245. The summed E-state index contributed by atoms with van der Waals surface area (Å²) in [5.74, 6) is 6.70. The third kappa shape index (κ3) is 6.98. The first-order chi connectivity index (χ1) is 14.4. The fourth-order valence-corrected chi connectivity index (χ4v) is 2.82. The van der Waals surface area contributed by atoms with Crippen LogP contribution in [0.2, 0.25) is 0 Å². The fraction of sp³-hybridized carbons (Fsp3) is 0.250. The monoisotopic (exact) mass is 404 g/mol. The number of benzene rings is 2. The van der Waals surface area contributed by atoms with E-state index in [2.05, 4.69) is 22.1 Å². The molecule has 1 aromatic heterocycles. The molecule has 0 saturated heterocycles. The Kier molecular flexibility index (Phi) is 8.98. The van der Waals surface area contributed by atoms with E-state index in [0.29, 0.717) is 17.9 Å². The van der Waals surface area contributed by atoms with Crippen LogP contribution in [0.3, 0.4) is 0 Å². The Balaban J connectivity index is 0.000000303. The van der Waals surface area contributed by atoms with E-state index in [1.54, 1.807) is 18.3 Å². The third-order valence-corrected chi connectivity index (χ3v) is 4.23. The lowest BCUT2D eigenvalue weighted by molar-refractivity contribution is 0.112. The van der Waals surface area contributed by atoms with Crippen molar-refractivity contribution >= 4 is 22.9 Å². The van der Waals surface area contributed by atoms with Gasteiger partial charge in [-0.25, -0.2) is 4.98 Å². The zero-order valence-corrected chi connectivity index (χ0v) is 17.6. The van der Waals surface area contributed by atoms with Gasteiger partial charge in [0.15, 0.2) is 0 Å². The largest absolute Gasteiger partial charge is 0.390 e. The molecule has 156 valence electrons. The second-order valence-corrected chi connectivity index (χ2v) is 7.07. The number of aliphatic hydroxyl groups excluding tert-OH is 1. The van der Waals surface area contributed by atoms with Gasteiger partial charge in [0, 0.05) is 41.2 Å². The second kappa shape index (κ2) is 11.7. The van der Waals surface area contributed by atoms with Crippen molar-refractivity contribution in [2.24, 2.45) is 0 Å². The number of nitrogens with two attached hydrogens (primary N) is 1. The number of pyridine rings is 1. The Morgan fingerprint density at radius 2 is 1.80 bits per heavy atom. The van der Waals surface area contributed by atoms with Crippen LogP contribution in [0.1, 0.15) is 21.5 Å². The molecule has 6 nitrogen and oxygen atoms in total. The van der Waals surface area contributed by atoms with E-state index in [0.717, 1.165) is 34.7 Å². The van der Waals surface area contributed by atoms with Gasteiger partial charge in [0.2, 0.25) is 0 Å². The van der Waals surface area contributed by atoms with Crippen LogP contribution in [0.4, 0.5) is 5.82 Å². The number of aldehydes is 1. The van der Waals surface area contributed by atoms with Crippen LogP contribution in [-0.4, -0.2) is 61.6 Å². The molecule has 1 unspecified atom stereocenters. The molecule has 4 N–H and O–H groups in total. The molecule has 1 atom stereocenters. The predicted molar refractivity (Wildman–Crippen MR) is 122 cm³/mol. The van der Waals surface area contributed by atoms with E-state index >= 15 is 0 Å². The van der Waals surface area contributed by atoms with Gasteiger partial charge in [-0.15, -0.1) is 0 Å². The molecule has 0 bridgehead atoms. The summed E-state index contributed by atoms with van der Waals surface area (Å²) in [4.78, 5) is 16.8. The van der Waals surface area contributed by atoms with Crippen molar-refractivity contribution in [1.29, 1.82) is 0 Å². The predicted octanol–water partition coefficient (Wildman–Crippen LogP) is 2.16. The lowest BCUT2D eigenvalue weighted by Gasteiger charge is -2.14. The highest BCUT2D eigenvalue weighted by molar-refractivity contribution is 5.94. The molecule has 3 rings (SSSR count). The normalized spacial score (nSPS) is 11.2. The molecule has 3 aromatic rings. The zero-order chi connectivity index (χ0) is 21.9. The first-order valence-corrected chi connectivity index (χ1v) is 9.62. The molecule has 0 spiro atoms. The summed E-state index contributed by atoms with van der Waals surface area (Å²) < 4.78 is 0. The number of carbonyl (C=O) groups excluding carboxylic acids is 1. The number of likely N-dealkylation sites (N-methyl/N-ethyl adjacent to an activating group) is 2. The minimum Gasteiger partial charge on any atom is -0.390 e. The average molecular weight is 405 g/mol. The Bertz CT molecular complexity index is 1020. The number of carbonyl (C=O) groups is 1. The van der Waals surface area contributed by atoms with Gasteiger partial charge in [0.1, 0.15) is 12.1 Å². The third-order valence-electron chi connectivity index (χ3n) is 4.23. The molecule has 0 aliphatic heterocycles. The van der Waals surface area contributed by atoms with E-state index in [9.17, 15) is 4.79 Å². The molecule has 0 fully saturated rings. The zero-order valence-electron chi connectivity index (χ0n) is 17.6. The molecule has 0 amide bonds. The van der Waals surface area contributed by atoms with Crippen molar-refractivity contribution in [3.8, 4) is 11.8 Å². The number of nitrogens with zero attached hydrogens (tertiary/aromatic N) is 2. The highest BCUT2D eigenvalue weighted by Gasteiger charge is 2.03. The van der Waals surface area contributed by atoms with Gasteiger partial charge in [-0.3, -0.25) is 4.79 Å². The number of fused-ring (bicyclic) bond motifs is 1. The lowest BCUT2D eigenvalue weighted by atomic mass is 10.1. The molecule has 0 saturated carbocycles. The average Bonchev–Trinajstić information content (AvgIpc) is 2.74. The molecule has 1 heterocycles. The minimum absolute atomic E-state index is 0.245. The molecular formula is C24H28N4O2. The fourth-order valence-electron chi connectivity index (χ4n) is 2.82. The maximum Gasteiger partial charge on any atom is 0.150 e. The summed E-state index contributed by atoms with van der Waals surface area (Å²) in [7, 11) is 5.72. The molecule has 0 radical (unpaired) electrons. The van der Waals surface area contributed by atoms with E-state index in [-0.39, 0.29) is 6.10 Å². The highest BCUT2D eigenvalue weighted by atomic mass is 16.3. The van der Waals surface area contributed by atoms with Crippen molar-refractivity contribution in [3.63, 3.8) is 0 Å². The first kappa shape index (κ1) is 23.0. The number of anilines is 1. The van der Waals surface area contributed by atoms with Crippen LogP contribution in [0, 0.1) is 11.8 Å². The van der Waals surface area contributed by atoms with E-state index in [4.69, 9.17) is 10.8 Å². The summed E-state index contributed by atoms with van der Waals surface area (Å²) in [6.45, 7) is 1.39. The number of rotatable bonds is 5. The van der Waals surface area contributed by atoms with Gasteiger partial charge in [0.25, 0.3) is 0 Å². The van der Waals surface area contributed by atoms with Crippen LogP contribution in [0.5, 0.6) is 0 Å². The van der Waals surface area contributed by atoms with Gasteiger partial charge in [-0.1, -0.05) is 48.2 Å². The van der Waals surface area contributed by atoms with Crippen LogP contribution in [0.25, 0.3) is 10.8 Å². The summed E-state index contributed by atoms with van der Waals surface area (Å²) in [6.07, 6.45) is 2.25. The van der Waals surface area contributed by atoms with Crippen molar-refractivity contribution < 1.29 is 9.90 Å². The van der Waals surface area contributed by atoms with Gasteiger partial charge in [-0.05, 0) is 33.3 Å². The van der Waals surface area contributed by atoms with Crippen molar-refractivity contribution in [3.05, 3.63) is 71.4 Å². The molecular weight excluding hydrogens is 376 g/mol. The standard InChI is InChI=1S/C18H12N2O.C6H16N2O/c19-18-17-4-2-1-3-16(17)15(11-20-18)10-9-13-5-7-14(12-21)8-6-13;1-7-4-6(9)5-8(2)3/h1-8,11-12H,(H2,19,20);6-7,9H,4-5H2,1-3H3. The molecule has 0 aliphatic carbocycles. The summed E-state index contributed by atoms with van der Waals surface area (Å²) in [6, 6.07) is 14.9. The van der Waals surface area contributed by atoms with Crippen LogP contribution in [0.15, 0.2) is 54.7 Å². The van der Waals surface area contributed by atoms with E-state index < -0.39 is 0 Å². The van der Waals surface area contributed by atoms with E-state index in [1.807, 2.05) is 62.4 Å². The van der Waals surface area contributed by atoms with Crippen molar-refractivity contribution in [1.82, 2.24) is 15.2 Å². The topological polar surface area (TPSA) is 91.5 Å². The molecule has 6 heteroatoms. The van der Waals surface area contributed by atoms with Crippen molar-refractivity contribution in [2.75, 3.05) is 40.0 Å². The number of hydrogen-bond donors (Lipinski definition) is 3. The van der Waals surface area contributed by atoms with Crippen LogP contribution < -0.4 is 11.1 Å². The van der Waals surface area contributed by atoms with Gasteiger partial charge >= 0.3 is 0 Å². The number of hydrogen-bond acceptors (Lipinski definition) is 6. The molecule has 2 aromatic carbocycles. The molecule has 30 heavy (non-hydrogen) atoms. The second-order valence-electron chi connectivity index (χ2n) is 7.07. The Labute approximate surface area is 177 Å². The quantitative estimate of drug-likeness (QED) is 0.446. The maximum atomic E-state index is 10.6. The summed E-state index contributed by atoms with van der Waals surface area (Å²) in [5.41, 5.74) is 8.19. The van der Waals surface area contributed by atoms with E-state index in [1.165, 1.54) is 0 Å². The Morgan fingerprint density at radius 3 is 2.40 bits per heavy atom. The van der Waals surface area contributed by atoms with Crippen LogP contribution in [-0.2, 0) is 0 Å². The van der Waals surface area contributed by atoms with Gasteiger partial charge in [-0.2, -0.15) is 0 Å². The van der Waals surface area contributed by atoms with Crippen molar-refractivity contribution in [2.45, 2.75) is 6.10 Å². The maximum absolute atomic E-state index is 10.6. The highest BCUT2D eigenvalue weighted by Crippen LogP contribution is 2.21. The lowest BCUT2D eigenvalue weighted by Crippen LogP contribution is -2.33.